The van der Waals surface area contributed by atoms with E-state index in [4.69, 9.17) is 36.1 Å². The predicted molar refractivity (Wildman–Crippen MR) is 172 cm³/mol. The van der Waals surface area contributed by atoms with E-state index in [-0.39, 0.29) is 25.2 Å². The lowest BCUT2D eigenvalue weighted by Crippen LogP contribution is -2.26. The Labute approximate surface area is 258 Å². The van der Waals surface area contributed by atoms with Crippen LogP contribution in [-0.2, 0) is 16.3 Å². The second-order valence-electron chi connectivity index (χ2n) is 12.5. The number of ether oxygens (including phenoxy) is 2. The Morgan fingerprint density at radius 1 is 1.00 bits per heavy atom. The molecule has 1 saturated carbocycles. The van der Waals surface area contributed by atoms with Crippen molar-refractivity contribution in [2.75, 3.05) is 6.61 Å². The number of carboxylic acids is 1. The van der Waals surface area contributed by atoms with Crippen LogP contribution >= 0.6 is 11.6 Å². The lowest BCUT2D eigenvalue weighted by molar-refractivity contribution is -0.138. The number of aromatic nitrogens is 3. The summed E-state index contributed by atoms with van der Waals surface area (Å²) in [7, 11) is -1.25. The predicted octanol–water partition coefficient (Wildman–Crippen LogP) is 7.96. The molecule has 0 saturated heterocycles. The molecule has 0 atom stereocenters. The number of halogens is 1. The zero-order valence-electron chi connectivity index (χ0n) is 24.9. The molecule has 1 aliphatic carbocycles. The molecule has 0 amide bonds. The number of carbonyl (C=O) groups is 2. The molecular weight excluding hydrogens is 582 g/mol. The summed E-state index contributed by atoms with van der Waals surface area (Å²) in [6.45, 7) is 7.89. The van der Waals surface area contributed by atoms with Crippen LogP contribution in [0.2, 0.25) is 30.7 Å². The smallest absolute Gasteiger partial charge is 0.303 e. The maximum Gasteiger partial charge on any atom is 0.303 e. The zero-order valence-corrected chi connectivity index (χ0v) is 26.6. The summed E-state index contributed by atoms with van der Waals surface area (Å²) < 4.78 is 14.4. The number of aliphatic carboxylic acids is 1. The van der Waals surface area contributed by atoms with Crippen LogP contribution in [0.4, 0.5) is 0 Å². The van der Waals surface area contributed by atoms with E-state index in [9.17, 15) is 9.59 Å². The highest BCUT2D eigenvalue weighted by Gasteiger charge is 2.26. The third-order valence-electron chi connectivity index (χ3n) is 7.94. The van der Waals surface area contributed by atoms with Gasteiger partial charge in [-0.3, -0.25) is 14.2 Å². The van der Waals surface area contributed by atoms with Crippen LogP contribution in [0.3, 0.4) is 0 Å². The first-order chi connectivity index (χ1) is 20.6. The Balaban J connectivity index is 1.40. The molecule has 10 heteroatoms. The molecule has 2 aromatic heterocycles. The normalized spacial score (nSPS) is 17.2. The number of hydrogen-bond acceptors (Lipinski definition) is 6. The average Bonchev–Trinajstić information content (AvgIpc) is 3.30. The van der Waals surface area contributed by atoms with Crippen molar-refractivity contribution in [2.45, 2.75) is 70.6 Å². The Bertz CT molecular complexity index is 1570. The third kappa shape index (κ3) is 7.90. The van der Waals surface area contributed by atoms with Crippen LogP contribution in [0.15, 0.2) is 54.6 Å². The van der Waals surface area contributed by atoms with Gasteiger partial charge in [0.25, 0.3) is 0 Å². The molecule has 0 spiro atoms. The molecule has 0 unspecified atom stereocenters. The number of aldehydes is 1. The molecular formula is C33H38ClN3O5Si. The van der Waals surface area contributed by atoms with E-state index in [0.29, 0.717) is 34.5 Å². The highest BCUT2D eigenvalue weighted by molar-refractivity contribution is 6.76. The summed E-state index contributed by atoms with van der Waals surface area (Å²) in [6.07, 6.45) is 4.17. The molecule has 1 aliphatic rings. The lowest BCUT2D eigenvalue weighted by atomic mass is 9.85. The second kappa shape index (κ2) is 13.4. The molecule has 2 heterocycles. The van der Waals surface area contributed by atoms with Crippen LogP contribution in [0.5, 0.6) is 6.01 Å². The van der Waals surface area contributed by atoms with Crippen molar-refractivity contribution < 1.29 is 24.2 Å². The topological polar surface area (TPSA) is 104 Å². The maximum atomic E-state index is 11.1. The number of carboxylic acid groups (broad SMARTS) is 1. The Kier molecular flexibility index (Phi) is 9.64. The van der Waals surface area contributed by atoms with Gasteiger partial charge in [0.1, 0.15) is 19.1 Å². The van der Waals surface area contributed by atoms with Crippen molar-refractivity contribution in [3.05, 3.63) is 65.2 Å². The van der Waals surface area contributed by atoms with Crippen LogP contribution in [0, 0.1) is 5.92 Å². The number of hydrogen-bond donors (Lipinski definition) is 1. The van der Waals surface area contributed by atoms with Gasteiger partial charge in [-0.25, -0.2) is 4.98 Å². The van der Waals surface area contributed by atoms with Gasteiger partial charge in [0.15, 0.2) is 5.65 Å². The number of fused-ring (bicyclic) bond motifs is 1. The first kappa shape index (κ1) is 30.9. The molecule has 226 valence electrons. The number of pyridine rings is 1. The van der Waals surface area contributed by atoms with Gasteiger partial charge in [-0.05, 0) is 54.8 Å². The van der Waals surface area contributed by atoms with Crippen LogP contribution in [-0.4, -0.2) is 52.7 Å². The molecule has 1 fully saturated rings. The van der Waals surface area contributed by atoms with Gasteiger partial charge in [-0.15, -0.1) is 0 Å². The summed E-state index contributed by atoms with van der Waals surface area (Å²) in [5.74, 6) is -0.561. The Hall–Kier alpha value is -3.53. The van der Waals surface area contributed by atoms with Gasteiger partial charge in [-0.2, -0.15) is 4.98 Å². The molecule has 1 N–H and O–H groups in total. The molecule has 0 bridgehead atoms. The number of carbonyl (C=O) groups excluding carboxylic acids is 1. The molecule has 43 heavy (non-hydrogen) atoms. The second-order valence-corrected chi connectivity index (χ2v) is 18.5. The summed E-state index contributed by atoms with van der Waals surface area (Å²) in [5.41, 5.74) is 5.42. The highest BCUT2D eigenvalue weighted by Crippen LogP contribution is 2.34. The molecule has 4 aromatic rings. The minimum atomic E-state index is -1.25. The molecule has 8 nitrogen and oxygen atoms in total. The molecule has 2 aromatic carbocycles. The third-order valence-corrected chi connectivity index (χ3v) is 9.94. The summed E-state index contributed by atoms with van der Waals surface area (Å²) >= 11 is 6.82. The van der Waals surface area contributed by atoms with E-state index in [1.165, 1.54) is 0 Å². The summed E-state index contributed by atoms with van der Waals surface area (Å²) in [5, 5.41) is 9.66. The number of rotatable bonds is 12. The van der Waals surface area contributed by atoms with Crippen LogP contribution < -0.4 is 4.74 Å². The van der Waals surface area contributed by atoms with Crippen molar-refractivity contribution >= 4 is 43.1 Å². The summed E-state index contributed by atoms with van der Waals surface area (Å²) in [4.78, 5) is 31.8. The van der Waals surface area contributed by atoms with E-state index in [0.717, 1.165) is 60.2 Å². The minimum absolute atomic E-state index is 0.0503. The van der Waals surface area contributed by atoms with Crippen LogP contribution in [0.25, 0.3) is 33.5 Å². The fraction of sp³-hybridized carbons (Fsp3) is 0.394. The van der Waals surface area contributed by atoms with Crippen molar-refractivity contribution in [3.63, 3.8) is 0 Å². The fourth-order valence-corrected chi connectivity index (χ4v) is 6.39. The zero-order chi connectivity index (χ0) is 30.6. The van der Waals surface area contributed by atoms with Gasteiger partial charge in [0.2, 0.25) is 0 Å². The number of benzene rings is 2. The van der Waals surface area contributed by atoms with Crippen molar-refractivity contribution in [1.82, 2.24) is 14.5 Å². The maximum absolute atomic E-state index is 11.1. The number of imidazole rings is 1. The first-order valence-electron chi connectivity index (χ1n) is 14.8. The van der Waals surface area contributed by atoms with Crippen molar-refractivity contribution in [2.24, 2.45) is 5.92 Å². The molecule has 0 radical (unpaired) electrons. The first-order valence-corrected chi connectivity index (χ1v) is 18.9. The fourth-order valence-electron chi connectivity index (χ4n) is 5.38. The van der Waals surface area contributed by atoms with E-state index in [1.807, 2.05) is 47.0 Å². The van der Waals surface area contributed by atoms with Crippen LogP contribution in [0.1, 0.15) is 42.5 Å². The van der Waals surface area contributed by atoms with Gasteiger partial charge in [0, 0.05) is 32.2 Å². The van der Waals surface area contributed by atoms with E-state index in [1.54, 1.807) is 12.1 Å². The summed E-state index contributed by atoms with van der Waals surface area (Å²) in [6, 6.07) is 18.8. The van der Waals surface area contributed by atoms with E-state index >= 15 is 0 Å². The Morgan fingerprint density at radius 2 is 1.63 bits per heavy atom. The standard InChI is InChI=1S/C33H38ClN3O5Si/c1-43(2,3)17-16-41-21-37-29-19-28(34)31(26-12-10-25(11-13-26)24-8-4-23(20-38)5-9-24)35-32(29)36-33(37)42-27-14-6-22(7-15-27)18-30(39)40/h4-5,8-13,19-20,22,27H,6-7,14-18,21H2,1-3H3,(H,39,40)/t22-,27-. The van der Waals surface area contributed by atoms with E-state index < -0.39 is 14.0 Å². The largest absolute Gasteiger partial charge is 0.481 e. The van der Waals surface area contributed by atoms with Gasteiger partial charge >= 0.3 is 12.0 Å². The lowest BCUT2D eigenvalue weighted by Gasteiger charge is -2.27. The average molecular weight is 620 g/mol. The van der Waals surface area contributed by atoms with Gasteiger partial charge < -0.3 is 14.6 Å². The van der Waals surface area contributed by atoms with Gasteiger partial charge in [-0.1, -0.05) is 79.8 Å². The SMILES string of the molecule is C[Si](C)(C)CCOCn1c(O[C@H]2CC[C@H](CC(=O)O)CC2)nc2nc(-c3ccc(-c4ccc(C=O)cc4)cc3)c(Cl)cc21. The van der Waals surface area contributed by atoms with Crippen molar-refractivity contribution in [3.8, 4) is 28.4 Å². The van der Waals surface area contributed by atoms with E-state index in [2.05, 4.69) is 19.6 Å². The highest BCUT2D eigenvalue weighted by atomic mass is 35.5. The van der Waals surface area contributed by atoms with Crippen molar-refractivity contribution in [1.29, 1.82) is 0 Å². The quantitative estimate of drug-likeness (QED) is 0.0974. The monoisotopic (exact) mass is 619 g/mol. The minimum Gasteiger partial charge on any atom is -0.481 e. The molecule has 0 aliphatic heterocycles. The molecule has 5 rings (SSSR count). The number of nitrogens with zero attached hydrogens (tertiary/aromatic N) is 3. The Morgan fingerprint density at radius 3 is 2.23 bits per heavy atom. The van der Waals surface area contributed by atoms with Gasteiger partial charge in [0.05, 0.1) is 16.2 Å².